The number of carbonyl (C=O) groups excluding carboxylic acids is 1. The van der Waals surface area contributed by atoms with Crippen molar-refractivity contribution in [3.63, 3.8) is 0 Å². The number of halogens is 3. The smallest absolute Gasteiger partial charge is 0.298 e. The maximum Gasteiger partial charge on any atom is 0.501 e. The second-order valence-corrected chi connectivity index (χ2v) is 4.51. The molecule has 0 bridgehead atoms. The first-order valence-corrected chi connectivity index (χ1v) is 5.14. The number of sulfone groups is 1. The van der Waals surface area contributed by atoms with Gasteiger partial charge in [-0.1, -0.05) is 18.2 Å². The third-order valence-electron chi connectivity index (χ3n) is 1.64. The zero-order valence-electron chi connectivity index (χ0n) is 7.15. The van der Waals surface area contributed by atoms with Gasteiger partial charge in [-0.15, -0.1) is 0 Å². The van der Waals surface area contributed by atoms with Crippen LogP contribution in [0.1, 0.15) is 10.4 Å². The molecule has 0 heterocycles. The van der Waals surface area contributed by atoms with Gasteiger partial charge in [0.1, 0.15) is 0 Å². The maximum atomic E-state index is 12.1. The average Bonchev–Trinajstić information content (AvgIpc) is 2.16. The number of aldehydes is 1. The summed E-state index contributed by atoms with van der Waals surface area (Å²) in [6.45, 7) is 0. The second-order valence-electron chi connectivity index (χ2n) is 2.60. The Kier molecular flexibility index (Phi) is 2.85. The van der Waals surface area contributed by atoms with Crippen LogP contribution < -0.4 is 0 Å². The predicted octanol–water partition coefficient (Wildman–Crippen LogP) is 1.79. The number of benzene rings is 1. The number of hydrogen-bond donors (Lipinski definition) is 0. The van der Waals surface area contributed by atoms with Crippen LogP contribution in [-0.4, -0.2) is 20.2 Å². The van der Waals surface area contributed by atoms with Gasteiger partial charge in [-0.2, -0.15) is 13.2 Å². The van der Waals surface area contributed by atoms with E-state index in [2.05, 4.69) is 0 Å². The molecular weight excluding hydrogens is 233 g/mol. The molecule has 0 aliphatic rings. The summed E-state index contributed by atoms with van der Waals surface area (Å²) in [5.74, 6) is 0. The average molecular weight is 238 g/mol. The fraction of sp³-hybridized carbons (Fsp3) is 0.125. The Bertz CT molecular complexity index is 476. The van der Waals surface area contributed by atoms with Crippen LogP contribution in [0.25, 0.3) is 0 Å². The maximum absolute atomic E-state index is 12.1. The Morgan fingerprint density at radius 3 is 2.13 bits per heavy atom. The lowest BCUT2D eigenvalue weighted by Crippen LogP contribution is -2.24. The fourth-order valence-electron chi connectivity index (χ4n) is 0.947. The van der Waals surface area contributed by atoms with Crippen molar-refractivity contribution >= 4 is 16.1 Å². The fourth-order valence-corrected chi connectivity index (χ4v) is 1.88. The molecule has 1 aromatic carbocycles. The summed E-state index contributed by atoms with van der Waals surface area (Å²) in [6, 6.07) is 4.14. The van der Waals surface area contributed by atoms with Crippen molar-refractivity contribution in [3.05, 3.63) is 29.8 Å². The summed E-state index contributed by atoms with van der Waals surface area (Å²) < 4.78 is 58.3. The van der Waals surface area contributed by atoms with Crippen LogP contribution in [0.15, 0.2) is 29.2 Å². The lowest BCUT2D eigenvalue weighted by molar-refractivity contribution is -0.0436. The summed E-state index contributed by atoms with van der Waals surface area (Å²) >= 11 is 0. The molecule has 0 amide bonds. The van der Waals surface area contributed by atoms with Gasteiger partial charge in [-0.3, -0.25) is 4.79 Å². The molecule has 15 heavy (non-hydrogen) atoms. The number of alkyl halides is 3. The summed E-state index contributed by atoms with van der Waals surface area (Å²) in [4.78, 5) is 9.35. The van der Waals surface area contributed by atoms with Crippen LogP contribution in [0.2, 0.25) is 0 Å². The van der Waals surface area contributed by atoms with E-state index in [0.717, 1.165) is 18.2 Å². The topological polar surface area (TPSA) is 51.2 Å². The van der Waals surface area contributed by atoms with Crippen molar-refractivity contribution in [1.82, 2.24) is 0 Å². The zero-order valence-corrected chi connectivity index (χ0v) is 7.97. The third kappa shape index (κ3) is 2.01. The van der Waals surface area contributed by atoms with E-state index in [9.17, 15) is 26.4 Å². The number of hydrogen-bond acceptors (Lipinski definition) is 3. The van der Waals surface area contributed by atoms with Gasteiger partial charge in [0.05, 0.1) is 4.90 Å². The van der Waals surface area contributed by atoms with Crippen molar-refractivity contribution in [2.45, 2.75) is 10.4 Å². The van der Waals surface area contributed by atoms with Gasteiger partial charge in [0.15, 0.2) is 6.29 Å². The normalized spacial score (nSPS) is 12.5. The lowest BCUT2D eigenvalue weighted by Gasteiger charge is -2.09. The van der Waals surface area contributed by atoms with E-state index >= 15 is 0 Å². The molecule has 0 saturated heterocycles. The first-order valence-electron chi connectivity index (χ1n) is 3.66. The van der Waals surface area contributed by atoms with Crippen LogP contribution in [0.4, 0.5) is 13.2 Å². The second kappa shape index (κ2) is 3.65. The van der Waals surface area contributed by atoms with E-state index in [1.807, 2.05) is 0 Å². The molecule has 0 spiro atoms. The highest BCUT2D eigenvalue weighted by Gasteiger charge is 2.47. The van der Waals surface area contributed by atoms with E-state index in [1.54, 1.807) is 0 Å². The van der Waals surface area contributed by atoms with Crippen molar-refractivity contribution in [2.75, 3.05) is 0 Å². The lowest BCUT2D eigenvalue weighted by atomic mass is 10.2. The molecule has 0 saturated carbocycles. The molecule has 82 valence electrons. The van der Waals surface area contributed by atoms with Gasteiger partial charge in [0.2, 0.25) is 0 Å². The first kappa shape index (κ1) is 11.7. The van der Waals surface area contributed by atoms with Gasteiger partial charge in [-0.25, -0.2) is 8.42 Å². The summed E-state index contributed by atoms with van der Waals surface area (Å²) in [6.07, 6.45) is 0.0681. The minimum atomic E-state index is -5.45. The summed E-state index contributed by atoms with van der Waals surface area (Å²) in [5.41, 5.74) is -5.90. The molecular formula is C8H5F3O3S. The highest BCUT2D eigenvalue weighted by Crippen LogP contribution is 2.31. The monoisotopic (exact) mass is 238 g/mol. The molecule has 0 aliphatic heterocycles. The molecule has 0 fully saturated rings. The Morgan fingerprint density at radius 2 is 1.67 bits per heavy atom. The van der Waals surface area contributed by atoms with E-state index in [4.69, 9.17) is 0 Å². The standard InChI is InChI=1S/C8H5F3O3S/c9-8(10,11)15(13,14)7-4-2-1-3-6(7)5-12/h1-5H. The molecule has 0 unspecified atom stereocenters. The van der Waals surface area contributed by atoms with Gasteiger partial charge in [-0.05, 0) is 6.07 Å². The molecule has 1 aromatic rings. The SMILES string of the molecule is O=Cc1ccccc1S(=O)(=O)C(F)(F)F. The van der Waals surface area contributed by atoms with Crippen LogP contribution in [-0.2, 0) is 9.84 Å². The van der Waals surface area contributed by atoms with Crippen LogP contribution in [0, 0.1) is 0 Å². The minimum absolute atomic E-state index is 0.0681. The Hall–Kier alpha value is -1.37. The van der Waals surface area contributed by atoms with E-state index in [0.29, 0.717) is 0 Å². The Morgan fingerprint density at radius 1 is 1.13 bits per heavy atom. The third-order valence-corrected chi connectivity index (χ3v) is 3.20. The quantitative estimate of drug-likeness (QED) is 0.738. The van der Waals surface area contributed by atoms with Crippen molar-refractivity contribution in [1.29, 1.82) is 0 Å². The number of rotatable bonds is 2. The highest BCUT2D eigenvalue weighted by atomic mass is 32.2. The van der Waals surface area contributed by atoms with Crippen molar-refractivity contribution < 1.29 is 26.4 Å². The molecule has 0 N–H and O–H groups in total. The van der Waals surface area contributed by atoms with Crippen LogP contribution >= 0.6 is 0 Å². The molecule has 3 nitrogen and oxygen atoms in total. The number of carbonyl (C=O) groups is 1. The zero-order chi connectivity index (χ0) is 11.7. The molecule has 0 radical (unpaired) electrons. The molecule has 0 atom stereocenters. The van der Waals surface area contributed by atoms with Crippen LogP contribution in [0.5, 0.6) is 0 Å². The van der Waals surface area contributed by atoms with E-state index in [1.165, 1.54) is 6.07 Å². The summed E-state index contributed by atoms with van der Waals surface area (Å²) in [7, 11) is -5.45. The molecule has 0 aromatic heterocycles. The summed E-state index contributed by atoms with van der Waals surface area (Å²) in [5, 5.41) is 0. The molecule has 1 rings (SSSR count). The minimum Gasteiger partial charge on any atom is -0.298 e. The van der Waals surface area contributed by atoms with Gasteiger partial charge in [0.25, 0.3) is 9.84 Å². The van der Waals surface area contributed by atoms with Crippen molar-refractivity contribution in [2.24, 2.45) is 0 Å². The largest absolute Gasteiger partial charge is 0.501 e. The predicted molar refractivity (Wildman–Crippen MR) is 45.1 cm³/mol. The van der Waals surface area contributed by atoms with E-state index in [-0.39, 0.29) is 6.29 Å². The van der Waals surface area contributed by atoms with E-state index < -0.39 is 25.8 Å². The Labute approximate surface area is 83.4 Å². The van der Waals surface area contributed by atoms with Crippen molar-refractivity contribution in [3.8, 4) is 0 Å². The first-order chi connectivity index (χ1) is 6.80. The van der Waals surface area contributed by atoms with Crippen LogP contribution in [0.3, 0.4) is 0 Å². The molecule has 7 heteroatoms. The van der Waals surface area contributed by atoms with Gasteiger partial charge < -0.3 is 0 Å². The Balaban J connectivity index is 3.47. The highest BCUT2D eigenvalue weighted by molar-refractivity contribution is 7.92. The molecule has 0 aliphatic carbocycles. The van der Waals surface area contributed by atoms with Gasteiger partial charge >= 0.3 is 5.51 Å². The van der Waals surface area contributed by atoms with Gasteiger partial charge in [0, 0.05) is 5.56 Å².